The molecular weight excluding hydrogens is 236 g/mol. The first-order valence-corrected chi connectivity index (χ1v) is 8.46. The van der Waals surface area contributed by atoms with Crippen LogP contribution in [0.2, 0.25) is 0 Å². The Kier molecular flexibility index (Phi) is 38.8. The third kappa shape index (κ3) is 46.2. The van der Waals surface area contributed by atoms with E-state index >= 15 is 0 Å². The zero-order chi connectivity index (χ0) is 15.2. The predicted molar refractivity (Wildman–Crippen MR) is 87.7 cm³/mol. The van der Waals surface area contributed by atoms with E-state index in [1.807, 2.05) is 0 Å². The van der Waals surface area contributed by atoms with Crippen molar-refractivity contribution in [1.82, 2.24) is 0 Å². The molecule has 2 saturated carbocycles. The maximum Gasteiger partial charge on any atom is 0.0402 e. The van der Waals surface area contributed by atoms with Gasteiger partial charge in [-0.3, -0.25) is 0 Å². The molecule has 0 aromatic heterocycles. The summed E-state index contributed by atoms with van der Waals surface area (Å²) >= 11 is 0. The molecule has 2 N–H and O–H groups in total. The van der Waals surface area contributed by atoms with Crippen molar-refractivity contribution in [2.75, 3.05) is 13.2 Å². The number of hydrogen-bond acceptors (Lipinski definition) is 2. The number of rotatable bonds is 0. The van der Waals surface area contributed by atoms with Crippen molar-refractivity contribution in [3.8, 4) is 0 Å². The quantitative estimate of drug-likeness (QED) is 0.629. The molecule has 0 spiro atoms. The zero-order valence-electron chi connectivity index (χ0n) is 14.1. The first-order valence-electron chi connectivity index (χ1n) is 8.46. The summed E-state index contributed by atoms with van der Waals surface area (Å²) in [6, 6.07) is 0. The summed E-state index contributed by atoms with van der Waals surface area (Å²) in [5.74, 6) is 0. The van der Waals surface area contributed by atoms with Gasteiger partial charge in [-0.15, -0.1) is 0 Å². The van der Waals surface area contributed by atoms with Gasteiger partial charge in [0.1, 0.15) is 0 Å². The van der Waals surface area contributed by atoms with Gasteiger partial charge in [-0.05, 0) is 13.8 Å². The molecule has 0 radical (unpaired) electrons. The molecule has 0 aromatic carbocycles. The highest BCUT2D eigenvalue weighted by Crippen LogP contribution is 2.15. The smallest absolute Gasteiger partial charge is 0.0402 e. The van der Waals surface area contributed by atoms with Crippen molar-refractivity contribution in [2.24, 2.45) is 0 Å². The number of aliphatic hydroxyl groups excluding tert-OH is 2. The Bertz CT molecular complexity index is 67.5. The molecule has 0 saturated heterocycles. The topological polar surface area (TPSA) is 40.5 Å². The molecule has 2 nitrogen and oxygen atoms in total. The molecule has 0 aromatic rings. The van der Waals surface area contributed by atoms with Crippen LogP contribution in [-0.2, 0) is 0 Å². The van der Waals surface area contributed by atoms with E-state index in [4.69, 9.17) is 10.2 Å². The minimum absolute atomic E-state index is 0.250. The molecule has 19 heavy (non-hydrogen) atoms. The Morgan fingerprint density at radius 2 is 0.526 bits per heavy atom. The Morgan fingerprint density at radius 3 is 0.579 bits per heavy atom. The van der Waals surface area contributed by atoms with Gasteiger partial charge >= 0.3 is 0 Å². The molecule has 0 heterocycles. The average Bonchev–Trinajstić information content (AvgIpc) is 3.11. The summed E-state index contributed by atoms with van der Waals surface area (Å²) in [4.78, 5) is 0. The molecular formula is C17H40O2. The molecule has 0 amide bonds. The summed E-state index contributed by atoms with van der Waals surface area (Å²) in [6.07, 6.45) is 16.2. The van der Waals surface area contributed by atoms with Crippen LogP contribution in [-0.4, -0.2) is 23.4 Å². The van der Waals surface area contributed by atoms with Gasteiger partial charge in [0.15, 0.2) is 0 Å². The van der Waals surface area contributed by atoms with E-state index in [-0.39, 0.29) is 13.2 Å². The van der Waals surface area contributed by atoms with Gasteiger partial charge in [0.25, 0.3) is 0 Å². The summed E-state index contributed by atoms with van der Waals surface area (Å²) in [5, 5.41) is 15.1. The van der Waals surface area contributed by atoms with E-state index in [9.17, 15) is 0 Å². The Hall–Kier alpha value is -0.0800. The molecule has 0 bridgehead atoms. The minimum atomic E-state index is 0.250. The van der Waals surface area contributed by atoms with E-state index in [0.29, 0.717) is 0 Å². The summed E-state index contributed by atoms with van der Waals surface area (Å²) < 4.78 is 0. The van der Waals surface area contributed by atoms with Crippen LogP contribution in [0.15, 0.2) is 0 Å². The van der Waals surface area contributed by atoms with Gasteiger partial charge in [-0.1, -0.05) is 84.5 Å². The van der Waals surface area contributed by atoms with Gasteiger partial charge < -0.3 is 10.2 Å². The molecule has 120 valence electrons. The lowest BCUT2D eigenvalue weighted by Gasteiger charge is -1.67. The monoisotopic (exact) mass is 276 g/mol. The van der Waals surface area contributed by atoms with Crippen molar-refractivity contribution in [2.45, 2.75) is 98.3 Å². The van der Waals surface area contributed by atoms with Gasteiger partial charge in [-0.2, -0.15) is 0 Å². The van der Waals surface area contributed by atoms with E-state index < -0.39 is 0 Å². The summed E-state index contributed by atoms with van der Waals surface area (Å²) in [5.41, 5.74) is 0. The van der Waals surface area contributed by atoms with Gasteiger partial charge in [-0.25, -0.2) is 0 Å². The second-order valence-corrected chi connectivity index (χ2v) is 4.88. The second-order valence-electron chi connectivity index (χ2n) is 4.88. The first-order chi connectivity index (χ1) is 9.24. The van der Waals surface area contributed by atoms with E-state index in [2.05, 4.69) is 13.8 Å². The Balaban J connectivity index is -0.000000174. The van der Waals surface area contributed by atoms with Crippen LogP contribution < -0.4 is 0 Å². The molecule has 2 aliphatic rings. The Morgan fingerprint density at radius 1 is 0.474 bits per heavy atom. The molecule has 2 aliphatic carbocycles. The third-order valence-electron chi connectivity index (χ3n) is 2.50. The van der Waals surface area contributed by atoms with E-state index in [0.717, 1.165) is 0 Å². The SMILES string of the molecule is C1CCCC1.C1CCCC1.CCC.CCO.CCO. The van der Waals surface area contributed by atoms with Crippen LogP contribution in [0.5, 0.6) is 0 Å². The average molecular weight is 277 g/mol. The fourth-order valence-corrected chi connectivity index (χ4v) is 1.77. The largest absolute Gasteiger partial charge is 0.397 e. The highest BCUT2D eigenvalue weighted by molar-refractivity contribution is 4.51. The highest BCUT2D eigenvalue weighted by Gasteiger charge is 1.95. The minimum Gasteiger partial charge on any atom is -0.397 e. The number of aliphatic hydroxyl groups is 2. The molecule has 0 unspecified atom stereocenters. The van der Waals surface area contributed by atoms with Crippen LogP contribution in [0.3, 0.4) is 0 Å². The maximum absolute atomic E-state index is 7.57. The molecule has 2 heteroatoms. The van der Waals surface area contributed by atoms with Gasteiger partial charge in [0.05, 0.1) is 0 Å². The van der Waals surface area contributed by atoms with Crippen LogP contribution in [0.1, 0.15) is 98.3 Å². The van der Waals surface area contributed by atoms with E-state index in [1.165, 1.54) is 70.6 Å². The van der Waals surface area contributed by atoms with Crippen molar-refractivity contribution in [1.29, 1.82) is 0 Å². The fourth-order valence-electron chi connectivity index (χ4n) is 1.77. The lowest BCUT2D eigenvalue weighted by atomic mass is 10.4. The summed E-state index contributed by atoms with van der Waals surface area (Å²) in [6.45, 7) is 8.11. The fraction of sp³-hybridized carbons (Fsp3) is 1.00. The van der Waals surface area contributed by atoms with Gasteiger partial charge in [0, 0.05) is 13.2 Å². The van der Waals surface area contributed by atoms with Crippen LogP contribution in [0.4, 0.5) is 0 Å². The van der Waals surface area contributed by atoms with Crippen molar-refractivity contribution in [3.05, 3.63) is 0 Å². The van der Waals surface area contributed by atoms with Gasteiger partial charge in [0.2, 0.25) is 0 Å². The molecule has 0 atom stereocenters. The molecule has 2 fully saturated rings. The standard InChI is InChI=1S/2C5H10.C3H8.2C2H6O/c2*1-2-4-5-3-1;1-3-2;2*1-2-3/h2*1-5H2;3H2,1-2H3;2*3H,2H2,1H3. The van der Waals surface area contributed by atoms with Crippen LogP contribution in [0, 0.1) is 0 Å². The van der Waals surface area contributed by atoms with Crippen molar-refractivity contribution in [3.63, 3.8) is 0 Å². The normalized spacial score (nSPS) is 15.5. The highest BCUT2D eigenvalue weighted by atomic mass is 16.3. The lowest BCUT2D eigenvalue weighted by molar-refractivity contribution is 0.318. The van der Waals surface area contributed by atoms with Crippen molar-refractivity contribution >= 4 is 0 Å². The van der Waals surface area contributed by atoms with Crippen molar-refractivity contribution < 1.29 is 10.2 Å². The second kappa shape index (κ2) is 30.7. The molecule has 0 aliphatic heterocycles. The Labute approximate surface area is 122 Å². The predicted octanol–water partition coefficient (Wildman–Crippen LogP) is 5.31. The van der Waals surface area contributed by atoms with E-state index in [1.54, 1.807) is 13.8 Å². The van der Waals surface area contributed by atoms with Crippen LogP contribution in [0.25, 0.3) is 0 Å². The maximum atomic E-state index is 7.57. The molecule has 2 rings (SSSR count). The van der Waals surface area contributed by atoms with Crippen LogP contribution >= 0.6 is 0 Å². The summed E-state index contributed by atoms with van der Waals surface area (Å²) in [7, 11) is 0. The lowest BCUT2D eigenvalue weighted by Crippen LogP contribution is -1.57. The number of hydrogen-bond donors (Lipinski definition) is 2. The third-order valence-corrected chi connectivity index (χ3v) is 2.50. The zero-order valence-corrected chi connectivity index (χ0v) is 14.1. The first kappa shape index (κ1) is 24.0.